The third kappa shape index (κ3) is 2.54. The Morgan fingerprint density at radius 2 is 2.36 bits per heavy atom. The Morgan fingerprint density at radius 1 is 1.55 bits per heavy atom. The standard InChI is InChI=1S/C16H21N3O3/c1-3-22-16(21)13-9-18-15-12(6-7-17-15)14(13)19(2)10-4-5-11(20)8-10/h6-7,9-11,20H,3-5,8H2,1-2H3,(H,17,18)/t10-,11-/m0/s1. The molecule has 1 aliphatic rings. The fourth-order valence-corrected chi connectivity index (χ4v) is 3.20. The Bertz CT molecular complexity index is 682. The summed E-state index contributed by atoms with van der Waals surface area (Å²) in [5, 5.41) is 10.7. The molecule has 2 aromatic rings. The number of aliphatic hydroxyl groups is 1. The molecular weight excluding hydrogens is 282 g/mol. The molecule has 0 bridgehead atoms. The number of anilines is 1. The van der Waals surface area contributed by atoms with Crippen LogP contribution in [0.3, 0.4) is 0 Å². The zero-order valence-electron chi connectivity index (χ0n) is 12.9. The average molecular weight is 303 g/mol. The van der Waals surface area contributed by atoms with Gasteiger partial charge in [0.05, 0.1) is 18.4 Å². The fourth-order valence-electron chi connectivity index (χ4n) is 3.20. The van der Waals surface area contributed by atoms with Crippen molar-refractivity contribution >= 4 is 22.7 Å². The predicted octanol–water partition coefficient (Wildman–Crippen LogP) is 2.09. The Hall–Kier alpha value is -2.08. The molecule has 118 valence electrons. The van der Waals surface area contributed by atoms with Gasteiger partial charge in [-0.15, -0.1) is 0 Å². The van der Waals surface area contributed by atoms with Gasteiger partial charge in [-0.1, -0.05) is 0 Å². The number of nitrogens with one attached hydrogen (secondary N) is 1. The lowest BCUT2D eigenvalue weighted by molar-refractivity contribution is 0.0527. The number of pyridine rings is 1. The summed E-state index contributed by atoms with van der Waals surface area (Å²) in [6.07, 6.45) is 5.54. The van der Waals surface area contributed by atoms with E-state index in [-0.39, 0.29) is 18.1 Å². The molecule has 0 unspecified atom stereocenters. The highest BCUT2D eigenvalue weighted by Gasteiger charge is 2.30. The maximum Gasteiger partial charge on any atom is 0.341 e. The molecule has 3 rings (SSSR count). The molecule has 0 spiro atoms. The summed E-state index contributed by atoms with van der Waals surface area (Å²) >= 11 is 0. The number of hydrogen-bond acceptors (Lipinski definition) is 5. The van der Waals surface area contributed by atoms with E-state index in [9.17, 15) is 9.90 Å². The number of aromatic amines is 1. The van der Waals surface area contributed by atoms with Crippen molar-refractivity contribution in [2.24, 2.45) is 0 Å². The minimum absolute atomic E-state index is 0.212. The lowest BCUT2D eigenvalue weighted by Gasteiger charge is -2.28. The molecule has 0 saturated heterocycles. The van der Waals surface area contributed by atoms with Crippen molar-refractivity contribution in [1.29, 1.82) is 0 Å². The van der Waals surface area contributed by atoms with Gasteiger partial charge in [0.1, 0.15) is 11.2 Å². The SMILES string of the molecule is CCOC(=O)c1cnc2[nH]ccc2c1N(C)[C@H]1CC[C@H](O)C1. The zero-order chi connectivity index (χ0) is 15.7. The molecule has 2 heterocycles. The molecule has 1 fully saturated rings. The van der Waals surface area contributed by atoms with Gasteiger partial charge in [0, 0.05) is 30.9 Å². The molecule has 1 saturated carbocycles. The lowest BCUT2D eigenvalue weighted by atomic mass is 10.1. The van der Waals surface area contributed by atoms with Crippen molar-refractivity contribution in [3.63, 3.8) is 0 Å². The van der Waals surface area contributed by atoms with Crippen LogP contribution in [-0.4, -0.2) is 46.8 Å². The Kier molecular flexibility index (Phi) is 4.02. The van der Waals surface area contributed by atoms with Crippen LogP contribution < -0.4 is 4.90 Å². The third-order valence-electron chi connectivity index (χ3n) is 4.33. The van der Waals surface area contributed by atoms with Gasteiger partial charge in [-0.3, -0.25) is 0 Å². The van der Waals surface area contributed by atoms with Crippen molar-refractivity contribution < 1.29 is 14.6 Å². The van der Waals surface area contributed by atoms with E-state index >= 15 is 0 Å². The highest BCUT2D eigenvalue weighted by atomic mass is 16.5. The molecule has 0 aliphatic heterocycles. The molecule has 1 aliphatic carbocycles. The molecule has 0 radical (unpaired) electrons. The molecule has 2 aromatic heterocycles. The van der Waals surface area contributed by atoms with Crippen molar-refractivity contribution in [2.75, 3.05) is 18.6 Å². The van der Waals surface area contributed by atoms with Crippen LogP contribution in [0.15, 0.2) is 18.5 Å². The average Bonchev–Trinajstić information content (AvgIpc) is 3.14. The van der Waals surface area contributed by atoms with Crippen LogP contribution >= 0.6 is 0 Å². The number of nitrogens with zero attached hydrogens (tertiary/aromatic N) is 2. The van der Waals surface area contributed by atoms with E-state index in [2.05, 4.69) is 14.9 Å². The minimum Gasteiger partial charge on any atom is -0.462 e. The summed E-state index contributed by atoms with van der Waals surface area (Å²) in [5.41, 5.74) is 2.04. The molecule has 0 aromatic carbocycles. The van der Waals surface area contributed by atoms with Crippen LogP contribution in [0.25, 0.3) is 11.0 Å². The van der Waals surface area contributed by atoms with E-state index in [1.54, 1.807) is 13.1 Å². The number of fused-ring (bicyclic) bond motifs is 1. The van der Waals surface area contributed by atoms with Crippen LogP contribution in [0.4, 0.5) is 5.69 Å². The number of esters is 1. The lowest BCUT2D eigenvalue weighted by Crippen LogP contribution is -2.31. The maximum absolute atomic E-state index is 12.3. The fraction of sp³-hybridized carbons (Fsp3) is 0.500. The molecule has 0 amide bonds. The van der Waals surface area contributed by atoms with E-state index < -0.39 is 0 Å². The quantitative estimate of drug-likeness (QED) is 0.846. The Morgan fingerprint density at radius 3 is 3.05 bits per heavy atom. The van der Waals surface area contributed by atoms with Gasteiger partial charge in [0.2, 0.25) is 0 Å². The monoisotopic (exact) mass is 303 g/mol. The van der Waals surface area contributed by atoms with Crippen LogP contribution in [-0.2, 0) is 4.74 Å². The first-order valence-corrected chi connectivity index (χ1v) is 7.66. The summed E-state index contributed by atoms with van der Waals surface area (Å²) in [5.74, 6) is -0.363. The van der Waals surface area contributed by atoms with E-state index in [4.69, 9.17) is 4.74 Å². The number of aromatic nitrogens is 2. The van der Waals surface area contributed by atoms with Crippen LogP contribution in [0.2, 0.25) is 0 Å². The normalized spacial score (nSPS) is 21.2. The molecule has 6 nitrogen and oxygen atoms in total. The molecule has 2 atom stereocenters. The summed E-state index contributed by atoms with van der Waals surface area (Å²) < 4.78 is 5.16. The van der Waals surface area contributed by atoms with Gasteiger partial charge >= 0.3 is 5.97 Å². The topological polar surface area (TPSA) is 78.5 Å². The first kappa shape index (κ1) is 14.8. The van der Waals surface area contributed by atoms with Crippen molar-refractivity contribution in [2.45, 2.75) is 38.3 Å². The first-order valence-electron chi connectivity index (χ1n) is 7.66. The Balaban J connectivity index is 2.06. The van der Waals surface area contributed by atoms with Gasteiger partial charge in [-0.2, -0.15) is 0 Å². The number of carbonyl (C=O) groups is 1. The van der Waals surface area contributed by atoms with E-state index in [1.807, 2.05) is 19.3 Å². The second kappa shape index (κ2) is 5.96. The van der Waals surface area contributed by atoms with Crippen LogP contribution in [0.1, 0.15) is 36.5 Å². The molecule has 2 N–H and O–H groups in total. The van der Waals surface area contributed by atoms with Crippen LogP contribution in [0.5, 0.6) is 0 Å². The first-order chi connectivity index (χ1) is 10.6. The molecular formula is C16H21N3O3. The molecule has 22 heavy (non-hydrogen) atoms. The summed E-state index contributed by atoms with van der Waals surface area (Å²) in [6.45, 7) is 2.12. The second-order valence-corrected chi connectivity index (χ2v) is 5.71. The van der Waals surface area contributed by atoms with Gasteiger partial charge in [0.25, 0.3) is 0 Å². The predicted molar refractivity (Wildman–Crippen MR) is 84.1 cm³/mol. The van der Waals surface area contributed by atoms with Crippen molar-refractivity contribution in [3.05, 3.63) is 24.0 Å². The highest BCUT2D eigenvalue weighted by molar-refractivity contribution is 6.04. The number of aliphatic hydroxyl groups excluding tert-OH is 1. The van der Waals surface area contributed by atoms with E-state index in [0.29, 0.717) is 18.6 Å². The van der Waals surface area contributed by atoms with Gasteiger partial charge in [0.15, 0.2) is 0 Å². The van der Waals surface area contributed by atoms with E-state index in [0.717, 1.165) is 29.6 Å². The van der Waals surface area contributed by atoms with E-state index in [1.165, 1.54) is 0 Å². The van der Waals surface area contributed by atoms with Gasteiger partial charge in [-0.05, 0) is 32.3 Å². The summed E-state index contributed by atoms with van der Waals surface area (Å²) in [6, 6.07) is 2.13. The summed E-state index contributed by atoms with van der Waals surface area (Å²) in [4.78, 5) is 21.7. The number of hydrogen-bond donors (Lipinski definition) is 2. The third-order valence-corrected chi connectivity index (χ3v) is 4.33. The highest BCUT2D eigenvalue weighted by Crippen LogP contribution is 2.34. The Labute approximate surface area is 129 Å². The van der Waals surface area contributed by atoms with Crippen LogP contribution in [0, 0.1) is 0 Å². The largest absolute Gasteiger partial charge is 0.462 e. The number of rotatable bonds is 4. The smallest absolute Gasteiger partial charge is 0.341 e. The van der Waals surface area contributed by atoms with Crippen molar-refractivity contribution in [3.8, 4) is 0 Å². The second-order valence-electron chi connectivity index (χ2n) is 5.71. The zero-order valence-corrected chi connectivity index (χ0v) is 12.9. The number of carbonyl (C=O) groups excluding carboxylic acids is 1. The number of ether oxygens (including phenoxy) is 1. The maximum atomic E-state index is 12.3. The minimum atomic E-state index is -0.363. The van der Waals surface area contributed by atoms with Crippen molar-refractivity contribution in [1.82, 2.24) is 9.97 Å². The summed E-state index contributed by atoms with van der Waals surface area (Å²) in [7, 11) is 1.97. The van der Waals surface area contributed by atoms with Gasteiger partial charge < -0.3 is 19.7 Å². The molecule has 6 heteroatoms. The van der Waals surface area contributed by atoms with Gasteiger partial charge in [-0.25, -0.2) is 9.78 Å². The number of H-pyrrole nitrogens is 1.